The number of carbonyl (C=O) groups excluding carboxylic acids is 2. The van der Waals surface area contributed by atoms with Crippen molar-refractivity contribution in [2.75, 3.05) is 20.7 Å². The molecule has 0 unspecified atom stereocenters. The number of alkyl halides is 2. The van der Waals surface area contributed by atoms with Crippen molar-refractivity contribution in [3.8, 4) is 11.5 Å². The van der Waals surface area contributed by atoms with E-state index < -0.39 is 46.6 Å². The number of ether oxygens (including phenoxy) is 3. The van der Waals surface area contributed by atoms with Gasteiger partial charge in [0.1, 0.15) is 12.1 Å². The van der Waals surface area contributed by atoms with Crippen molar-refractivity contribution in [3.05, 3.63) is 88.0 Å². The van der Waals surface area contributed by atoms with Crippen molar-refractivity contribution in [3.63, 3.8) is 0 Å². The fourth-order valence-corrected chi connectivity index (χ4v) is 6.29. The summed E-state index contributed by atoms with van der Waals surface area (Å²) < 4.78 is 72.3. The van der Waals surface area contributed by atoms with Crippen LogP contribution in [0.3, 0.4) is 0 Å². The van der Waals surface area contributed by atoms with Gasteiger partial charge in [-0.3, -0.25) is 9.59 Å². The van der Waals surface area contributed by atoms with E-state index in [1.54, 1.807) is 26.8 Å². The maximum atomic E-state index is 13.8. The number of sulfonamides is 1. The number of benzene rings is 2. The minimum absolute atomic E-state index is 0.0199. The maximum absolute atomic E-state index is 13.8. The molecule has 14 heteroatoms. The van der Waals surface area contributed by atoms with Gasteiger partial charge in [-0.2, -0.15) is 13.5 Å². The Labute approximate surface area is 290 Å². The molecule has 2 atom stereocenters. The smallest absolute Gasteiger partial charge is 0.387 e. The van der Waals surface area contributed by atoms with Crippen LogP contribution >= 0.6 is 23.2 Å². The lowest BCUT2D eigenvalue weighted by Gasteiger charge is -2.26. The lowest BCUT2D eigenvalue weighted by Crippen LogP contribution is -2.45. The summed E-state index contributed by atoms with van der Waals surface area (Å²) in [6, 6.07) is 8.21. The van der Waals surface area contributed by atoms with Gasteiger partial charge in [0.25, 0.3) is 5.91 Å². The van der Waals surface area contributed by atoms with Crippen LogP contribution in [0.2, 0.25) is 0 Å². The molecule has 1 N–H and O–H groups in total. The summed E-state index contributed by atoms with van der Waals surface area (Å²) in [5.41, 5.74) is 0.832. The highest BCUT2D eigenvalue weighted by Gasteiger charge is 2.33. The van der Waals surface area contributed by atoms with E-state index in [-0.39, 0.29) is 51.0 Å². The van der Waals surface area contributed by atoms with E-state index in [4.69, 9.17) is 32.7 Å². The van der Waals surface area contributed by atoms with Gasteiger partial charge in [0.15, 0.2) is 11.5 Å². The molecule has 9 nitrogen and oxygen atoms in total. The van der Waals surface area contributed by atoms with Gasteiger partial charge in [0.05, 0.1) is 11.5 Å². The van der Waals surface area contributed by atoms with Crippen molar-refractivity contribution in [2.45, 2.75) is 63.7 Å². The molecule has 0 heterocycles. The number of hydrogen-bond acceptors (Lipinski definition) is 7. The van der Waals surface area contributed by atoms with Crippen LogP contribution in [-0.4, -0.2) is 58.5 Å². The molecule has 1 amide bonds. The fraction of sp³-hybridized carbons (Fsp3) is 0.412. The average molecular weight is 730 g/mol. The van der Waals surface area contributed by atoms with Crippen molar-refractivity contribution >= 4 is 45.1 Å². The van der Waals surface area contributed by atoms with Gasteiger partial charge >= 0.3 is 12.6 Å². The predicted molar refractivity (Wildman–Crippen MR) is 181 cm³/mol. The molecule has 1 aliphatic rings. The zero-order chi connectivity index (χ0) is 35.8. The van der Waals surface area contributed by atoms with Gasteiger partial charge in [0.2, 0.25) is 10.0 Å². The highest BCUT2D eigenvalue weighted by Crippen LogP contribution is 2.39. The van der Waals surface area contributed by atoms with Crippen LogP contribution in [0.4, 0.5) is 8.78 Å². The highest BCUT2D eigenvalue weighted by atomic mass is 35.5. The minimum atomic E-state index is -4.33. The highest BCUT2D eigenvalue weighted by molar-refractivity contribution is 7.89. The molecule has 1 aliphatic carbocycles. The summed E-state index contributed by atoms with van der Waals surface area (Å²) >= 11 is 12.9. The SMILES string of the molecule is C=C/C(Cl)=C(C[C@H](OC(=O)[C@@H](NS(=O)(=O)c1cccc(C(=O)N(C)C)c1)C(C)C)c1ccc(OC(F)F)c(OCC2CC2)c1)\C(Cl)=C/C. The fourth-order valence-electron chi connectivity index (χ4n) is 4.50. The van der Waals surface area contributed by atoms with Gasteiger partial charge in [0, 0.05) is 36.1 Å². The maximum Gasteiger partial charge on any atom is 0.387 e. The molecule has 2 aromatic carbocycles. The minimum Gasteiger partial charge on any atom is -0.489 e. The van der Waals surface area contributed by atoms with Crippen LogP contribution < -0.4 is 14.2 Å². The van der Waals surface area contributed by atoms with Crippen LogP contribution in [0.15, 0.2) is 81.7 Å². The molecule has 0 radical (unpaired) electrons. The first kappa shape index (κ1) is 39.0. The standard InChI is InChI=1S/C34H40Cl2F2N2O7S/c1-7-26(35)25(27(36)8-2)18-29(22-14-15-28(47-34(37)38)30(17-22)45-19-21-12-13-21)46-33(42)31(20(3)4)39-48(43,44)24-11-9-10-23(16-24)32(41)40(5)6/h7-11,14-17,20-21,29,31,34,39H,1,12-13,18-19H2,2-6H3/b26-25+,27-8+/t29-,31-/m0/s1. The summed E-state index contributed by atoms with van der Waals surface area (Å²) in [4.78, 5) is 27.4. The van der Waals surface area contributed by atoms with Crippen LogP contribution in [-0.2, 0) is 19.6 Å². The molecular weight excluding hydrogens is 689 g/mol. The van der Waals surface area contributed by atoms with Crippen molar-refractivity contribution in [2.24, 2.45) is 11.8 Å². The number of halogens is 4. The van der Waals surface area contributed by atoms with E-state index in [0.29, 0.717) is 11.1 Å². The molecule has 1 fully saturated rings. The first-order valence-corrected chi connectivity index (χ1v) is 17.4. The largest absolute Gasteiger partial charge is 0.489 e. The number of allylic oxidation sites excluding steroid dienone is 4. The third-order valence-electron chi connectivity index (χ3n) is 7.38. The van der Waals surface area contributed by atoms with Gasteiger partial charge in [-0.1, -0.05) is 67.9 Å². The number of amides is 1. The Morgan fingerprint density at radius 2 is 1.79 bits per heavy atom. The molecule has 0 aliphatic heterocycles. The van der Waals surface area contributed by atoms with E-state index in [1.807, 2.05) is 0 Å². The van der Waals surface area contributed by atoms with Crippen molar-refractivity contribution in [1.29, 1.82) is 0 Å². The Bertz CT molecular complexity index is 1660. The van der Waals surface area contributed by atoms with E-state index in [0.717, 1.165) is 12.8 Å². The number of hydrogen-bond donors (Lipinski definition) is 1. The van der Waals surface area contributed by atoms with E-state index in [1.165, 1.54) is 67.5 Å². The Kier molecular flexibility index (Phi) is 14.0. The molecule has 3 rings (SSSR count). The molecule has 0 aromatic heterocycles. The second-order valence-electron chi connectivity index (χ2n) is 11.7. The number of esters is 1. The Morgan fingerprint density at radius 3 is 2.35 bits per heavy atom. The summed E-state index contributed by atoms with van der Waals surface area (Å²) in [6.45, 7) is 5.81. The third-order valence-corrected chi connectivity index (χ3v) is 9.65. The average Bonchev–Trinajstić information content (AvgIpc) is 3.88. The van der Waals surface area contributed by atoms with Crippen LogP contribution in [0.25, 0.3) is 0 Å². The molecule has 2 aromatic rings. The Balaban J connectivity index is 2.03. The second kappa shape index (κ2) is 17.3. The molecule has 0 saturated heterocycles. The van der Waals surface area contributed by atoms with Crippen molar-refractivity contribution in [1.82, 2.24) is 9.62 Å². The quantitative estimate of drug-likeness (QED) is 0.132. The number of nitrogens with zero attached hydrogens (tertiary/aromatic N) is 1. The van der Waals surface area contributed by atoms with Crippen molar-refractivity contribution < 1.29 is 41.0 Å². The third kappa shape index (κ3) is 10.8. The first-order chi connectivity index (χ1) is 22.6. The molecule has 262 valence electrons. The second-order valence-corrected chi connectivity index (χ2v) is 14.2. The predicted octanol–water partition coefficient (Wildman–Crippen LogP) is 7.58. The van der Waals surface area contributed by atoms with Gasteiger partial charge in [-0.05, 0) is 73.1 Å². The van der Waals surface area contributed by atoms with Gasteiger partial charge < -0.3 is 19.1 Å². The van der Waals surface area contributed by atoms with Crippen LogP contribution in [0.5, 0.6) is 11.5 Å². The Morgan fingerprint density at radius 1 is 1.10 bits per heavy atom. The number of nitrogens with one attached hydrogen (secondary N) is 1. The zero-order valence-corrected chi connectivity index (χ0v) is 29.7. The number of rotatable bonds is 17. The van der Waals surface area contributed by atoms with Gasteiger partial charge in [-0.25, -0.2) is 8.42 Å². The topological polar surface area (TPSA) is 111 Å². The molecule has 1 saturated carbocycles. The zero-order valence-electron chi connectivity index (χ0n) is 27.3. The Hall–Kier alpha value is -3.45. The van der Waals surface area contributed by atoms with E-state index in [2.05, 4.69) is 16.0 Å². The normalized spacial score (nSPS) is 15.4. The monoisotopic (exact) mass is 728 g/mol. The summed E-state index contributed by atoms with van der Waals surface area (Å²) in [5.74, 6) is -1.82. The first-order valence-electron chi connectivity index (χ1n) is 15.2. The summed E-state index contributed by atoms with van der Waals surface area (Å²) in [6.07, 6.45) is 3.61. The lowest BCUT2D eigenvalue weighted by molar-refractivity contribution is -0.152. The molecule has 0 bridgehead atoms. The van der Waals surface area contributed by atoms with Gasteiger partial charge in [-0.15, -0.1) is 0 Å². The number of carbonyl (C=O) groups is 2. The van der Waals surface area contributed by atoms with E-state index >= 15 is 0 Å². The van der Waals surface area contributed by atoms with Crippen LogP contribution in [0, 0.1) is 11.8 Å². The molecule has 0 spiro atoms. The summed E-state index contributed by atoms with van der Waals surface area (Å²) in [5, 5.41) is 0.423. The van der Waals surface area contributed by atoms with E-state index in [9.17, 15) is 26.8 Å². The summed E-state index contributed by atoms with van der Waals surface area (Å²) in [7, 11) is -1.25. The lowest BCUT2D eigenvalue weighted by atomic mass is 9.99. The molecular formula is C34H40Cl2F2N2O7S. The molecule has 48 heavy (non-hydrogen) atoms. The van der Waals surface area contributed by atoms with Crippen LogP contribution in [0.1, 0.15) is 62.1 Å².